The number of hydrogen-bond acceptors (Lipinski definition) is 10. The van der Waals surface area contributed by atoms with Crippen molar-refractivity contribution in [2.24, 2.45) is 0 Å². The second-order valence-electron chi connectivity index (χ2n) is 24.6. The number of esters is 2. The summed E-state index contributed by atoms with van der Waals surface area (Å²) >= 11 is 0. The van der Waals surface area contributed by atoms with E-state index in [-0.39, 0.29) is 59.8 Å². The van der Waals surface area contributed by atoms with Crippen LogP contribution in [0.2, 0.25) is 10.1 Å². The highest BCUT2D eigenvalue weighted by Gasteiger charge is 2.54. The van der Waals surface area contributed by atoms with Gasteiger partial charge in [0.15, 0.2) is 0 Å². The summed E-state index contributed by atoms with van der Waals surface area (Å²) < 4.78 is 36.4. The zero-order valence-electron chi connectivity index (χ0n) is 51.9. The maximum Gasteiger partial charge on any atom is 0.410 e. The fraction of sp³-hybridized carbons (Fsp3) is 0.297. The SMILES string of the molecule is COC(=O)c1ccc([C@@H]2C[C@@H](O[Si](c3ccccc3)(c3ccccc3)C(C)(C)C)CCN2C(=O)OCc2ccccc2)cc1.COC(=O)c1ccc([C@H]2C[C@H](O[Si](c3ccccc3)(c3ccccc3)C(C)(C)C)CCN2C(=O)OCc2ccccc2)cc1. The number of methoxy groups -OCH3 is 2. The molecule has 8 aromatic rings. The van der Waals surface area contributed by atoms with Crippen LogP contribution in [-0.2, 0) is 41.0 Å². The third-order valence-electron chi connectivity index (χ3n) is 16.9. The maximum absolute atomic E-state index is 13.6. The van der Waals surface area contributed by atoms with Crippen molar-refractivity contribution in [1.82, 2.24) is 9.80 Å². The Kier molecular flexibility index (Phi) is 21.2. The predicted molar refractivity (Wildman–Crippen MR) is 351 cm³/mol. The van der Waals surface area contributed by atoms with E-state index in [9.17, 15) is 19.2 Å². The molecular formula is C74H82N2O10Si2. The number of amides is 2. The molecule has 2 fully saturated rings. The molecule has 2 aliphatic heterocycles. The van der Waals surface area contributed by atoms with Crippen molar-refractivity contribution in [2.45, 2.75) is 115 Å². The van der Waals surface area contributed by atoms with Crippen LogP contribution in [-0.4, -0.2) is 90.1 Å². The van der Waals surface area contributed by atoms with Gasteiger partial charge in [-0.25, -0.2) is 19.2 Å². The van der Waals surface area contributed by atoms with Gasteiger partial charge in [0, 0.05) is 25.3 Å². The molecule has 0 bridgehead atoms. The lowest BCUT2D eigenvalue weighted by atomic mass is 9.93. The first kappa shape index (κ1) is 64.1. The Bertz CT molecular complexity index is 3200. The number of carbonyl (C=O) groups is 4. The maximum atomic E-state index is 13.6. The number of carbonyl (C=O) groups excluding carboxylic acids is 4. The quantitative estimate of drug-likeness (QED) is 0.0524. The van der Waals surface area contributed by atoms with Gasteiger partial charge in [-0.2, -0.15) is 0 Å². The van der Waals surface area contributed by atoms with Crippen LogP contribution in [0.4, 0.5) is 9.59 Å². The van der Waals surface area contributed by atoms with E-state index in [2.05, 4.69) is 139 Å². The first-order valence-electron chi connectivity index (χ1n) is 30.3. The zero-order valence-corrected chi connectivity index (χ0v) is 53.9. The highest BCUT2D eigenvalue weighted by atomic mass is 28.4. The molecule has 0 unspecified atom stereocenters. The van der Waals surface area contributed by atoms with E-state index in [1.54, 1.807) is 34.1 Å². The minimum atomic E-state index is -2.80. The van der Waals surface area contributed by atoms with Gasteiger partial charge in [0.2, 0.25) is 0 Å². The van der Waals surface area contributed by atoms with Crippen molar-refractivity contribution >= 4 is 61.5 Å². The number of rotatable bonds is 16. The molecule has 2 amide bonds. The summed E-state index contributed by atoms with van der Waals surface area (Å²) in [4.78, 5) is 55.0. The Balaban J connectivity index is 0.000000209. The molecule has 456 valence electrons. The third kappa shape index (κ3) is 14.8. The van der Waals surface area contributed by atoms with Crippen LogP contribution < -0.4 is 20.7 Å². The van der Waals surface area contributed by atoms with Gasteiger partial charge in [0.05, 0.1) is 37.4 Å². The Hall–Kier alpha value is -8.41. The van der Waals surface area contributed by atoms with Crippen molar-refractivity contribution < 1.29 is 47.0 Å². The lowest BCUT2D eigenvalue weighted by molar-refractivity contribution is 0.0305. The summed E-state index contributed by atoms with van der Waals surface area (Å²) in [5, 5.41) is 4.56. The van der Waals surface area contributed by atoms with Crippen molar-refractivity contribution in [3.63, 3.8) is 0 Å². The Morgan fingerprint density at radius 3 is 0.932 bits per heavy atom. The second-order valence-corrected chi connectivity index (χ2v) is 33.1. The summed E-state index contributed by atoms with van der Waals surface area (Å²) in [5.74, 6) is -0.792. The van der Waals surface area contributed by atoms with E-state index < -0.39 is 28.6 Å². The minimum Gasteiger partial charge on any atom is -0.465 e. The average Bonchev–Trinajstić information content (AvgIpc) is 0.953. The van der Waals surface area contributed by atoms with Crippen molar-refractivity contribution in [3.8, 4) is 0 Å². The van der Waals surface area contributed by atoms with Gasteiger partial charge in [-0.3, -0.25) is 0 Å². The number of benzene rings is 8. The van der Waals surface area contributed by atoms with Crippen LogP contribution in [0.1, 0.15) is 122 Å². The monoisotopic (exact) mass is 1210 g/mol. The van der Waals surface area contributed by atoms with Gasteiger partial charge in [-0.05, 0) is 103 Å². The molecule has 2 heterocycles. The van der Waals surface area contributed by atoms with Gasteiger partial charge >= 0.3 is 24.1 Å². The van der Waals surface area contributed by atoms with Gasteiger partial charge in [-0.15, -0.1) is 0 Å². The zero-order chi connectivity index (χ0) is 62.3. The molecule has 2 aliphatic rings. The van der Waals surface area contributed by atoms with Crippen LogP contribution in [0.5, 0.6) is 0 Å². The Morgan fingerprint density at radius 1 is 0.398 bits per heavy atom. The summed E-state index contributed by atoms with van der Waals surface area (Å²) in [6.07, 6.45) is 1.63. The molecule has 8 aromatic carbocycles. The molecule has 0 N–H and O–H groups in total. The normalized spacial score (nSPS) is 17.1. The Morgan fingerprint density at radius 2 is 0.670 bits per heavy atom. The predicted octanol–water partition coefficient (Wildman–Crippen LogP) is 13.8. The molecule has 2 saturated heterocycles. The standard InChI is InChI=1S/2C37H41NO5Si/c2*1-37(2,3)44(32-16-10-6-11-17-32,33-18-12-7-13-19-33)43-31-24-25-38(36(40)42-27-28-14-8-5-9-15-28)34(26-31)29-20-22-30(23-21-29)35(39)41-4/h2*5-23,31,34H,24-27H2,1-4H3/t2*31-,34-/m10/s1. The van der Waals surface area contributed by atoms with Crippen LogP contribution in [0.15, 0.2) is 231 Å². The molecule has 12 nitrogen and oxygen atoms in total. The fourth-order valence-corrected chi connectivity index (χ4v) is 22.0. The average molecular weight is 1220 g/mol. The first-order valence-corrected chi connectivity index (χ1v) is 34.2. The number of ether oxygens (including phenoxy) is 4. The van der Waals surface area contributed by atoms with Crippen LogP contribution in [0, 0.1) is 0 Å². The molecule has 0 saturated carbocycles. The van der Waals surface area contributed by atoms with E-state index >= 15 is 0 Å². The van der Waals surface area contributed by atoms with Crippen LogP contribution >= 0.6 is 0 Å². The number of likely N-dealkylation sites (tertiary alicyclic amines) is 2. The van der Waals surface area contributed by atoms with Crippen molar-refractivity contribution in [3.05, 3.63) is 264 Å². The summed E-state index contributed by atoms with van der Waals surface area (Å²) in [7, 11) is -2.86. The molecule has 0 aromatic heterocycles. The number of nitrogens with zero attached hydrogens (tertiary/aromatic N) is 2. The van der Waals surface area contributed by atoms with Crippen molar-refractivity contribution in [1.29, 1.82) is 0 Å². The van der Waals surface area contributed by atoms with E-state index in [4.69, 9.17) is 27.8 Å². The first-order chi connectivity index (χ1) is 42.4. The lowest BCUT2D eigenvalue weighted by Crippen LogP contribution is -2.68. The summed E-state index contributed by atoms with van der Waals surface area (Å²) in [5.41, 5.74) is 4.64. The molecule has 10 rings (SSSR count). The van der Waals surface area contributed by atoms with E-state index in [0.717, 1.165) is 22.3 Å². The minimum absolute atomic E-state index is 0.107. The topological polar surface area (TPSA) is 130 Å². The number of hydrogen-bond donors (Lipinski definition) is 0. The second kappa shape index (κ2) is 29.1. The molecule has 88 heavy (non-hydrogen) atoms. The largest absolute Gasteiger partial charge is 0.465 e. The highest BCUT2D eigenvalue weighted by molar-refractivity contribution is 7.00. The van der Waals surface area contributed by atoms with Gasteiger partial charge in [-0.1, -0.05) is 248 Å². The number of piperidine rings is 2. The molecule has 14 heteroatoms. The molecule has 0 aliphatic carbocycles. The molecule has 0 spiro atoms. The third-order valence-corrected chi connectivity index (χ3v) is 27.1. The van der Waals surface area contributed by atoms with Gasteiger partial charge < -0.3 is 37.6 Å². The van der Waals surface area contributed by atoms with Crippen LogP contribution in [0.3, 0.4) is 0 Å². The van der Waals surface area contributed by atoms with E-state index in [1.807, 2.05) is 109 Å². The summed E-state index contributed by atoms with van der Waals surface area (Å²) in [6.45, 7) is 15.0. The van der Waals surface area contributed by atoms with Crippen LogP contribution in [0.25, 0.3) is 0 Å². The molecule has 0 radical (unpaired) electrons. The molecule has 4 atom stereocenters. The van der Waals surface area contributed by atoms with Crippen molar-refractivity contribution in [2.75, 3.05) is 27.3 Å². The fourth-order valence-electron chi connectivity index (χ4n) is 12.6. The van der Waals surface area contributed by atoms with Gasteiger partial charge in [0.25, 0.3) is 16.6 Å². The van der Waals surface area contributed by atoms with E-state index in [0.29, 0.717) is 49.9 Å². The Labute approximate surface area is 521 Å². The summed E-state index contributed by atoms with van der Waals surface area (Å²) in [6, 6.07) is 75.9. The molecular weight excluding hydrogens is 1130 g/mol. The van der Waals surface area contributed by atoms with Gasteiger partial charge in [0.1, 0.15) is 13.2 Å². The lowest BCUT2D eigenvalue weighted by Gasteiger charge is -2.48. The smallest absolute Gasteiger partial charge is 0.410 e. The highest BCUT2D eigenvalue weighted by Crippen LogP contribution is 2.43. The van der Waals surface area contributed by atoms with E-state index in [1.165, 1.54) is 35.0 Å².